The van der Waals surface area contributed by atoms with E-state index in [4.69, 9.17) is 4.74 Å². The second-order valence-corrected chi connectivity index (χ2v) is 7.78. The van der Waals surface area contributed by atoms with Gasteiger partial charge in [-0.2, -0.15) is 5.10 Å². The summed E-state index contributed by atoms with van der Waals surface area (Å²) < 4.78 is 5.45. The Labute approximate surface area is 149 Å². The number of H-pyrrole nitrogens is 1. The van der Waals surface area contributed by atoms with Crippen molar-refractivity contribution in [2.75, 3.05) is 26.3 Å². The van der Waals surface area contributed by atoms with Crippen molar-refractivity contribution in [2.45, 2.75) is 69.4 Å². The molecule has 3 heterocycles. The second kappa shape index (κ2) is 7.87. The van der Waals surface area contributed by atoms with Crippen molar-refractivity contribution < 1.29 is 9.53 Å². The van der Waals surface area contributed by atoms with Crippen molar-refractivity contribution in [3.63, 3.8) is 0 Å². The number of nitrogens with one attached hydrogen (secondary N) is 2. The van der Waals surface area contributed by atoms with Gasteiger partial charge in [-0.3, -0.25) is 14.8 Å². The number of likely N-dealkylation sites (tertiary alicyclic amines) is 1. The molecular weight excluding hydrogens is 316 g/mol. The molecule has 138 valence electrons. The molecule has 1 aromatic heterocycles. The average Bonchev–Trinajstić information content (AvgIpc) is 3.13. The summed E-state index contributed by atoms with van der Waals surface area (Å²) in [6.45, 7) is 3.62. The Morgan fingerprint density at radius 2 is 2.00 bits per heavy atom. The summed E-state index contributed by atoms with van der Waals surface area (Å²) >= 11 is 0. The van der Waals surface area contributed by atoms with Crippen LogP contribution in [0.1, 0.15) is 73.5 Å². The maximum Gasteiger partial charge on any atom is 0.271 e. The number of aromatic nitrogens is 2. The quantitative estimate of drug-likeness (QED) is 0.859. The number of carbonyl (C=O) groups excluding carboxylic acids is 1. The normalized spacial score (nSPS) is 26.3. The standard InChI is InChI=1S/C19H30N4O2/c24-19(18-12-17(21-22-18)14-4-2-1-3-5-14)20-13-16-6-9-23(16)15-7-10-25-11-8-15/h12,14-16H,1-11,13H2,(H,20,24)(H,21,22). The molecule has 3 fully saturated rings. The zero-order valence-electron chi connectivity index (χ0n) is 15.0. The third kappa shape index (κ3) is 3.90. The molecule has 0 aromatic carbocycles. The van der Waals surface area contributed by atoms with Crippen LogP contribution in [0.4, 0.5) is 0 Å². The van der Waals surface area contributed by atoms with Crippen molar-refractivity contribution in [3.8, 4) is 0 Å². The van der Waals surface area contributed by atoms with E-state index in [1.807, 2.05) is 6.07 Å². The molecule has 0 spiro atoms. The number of nitrogens with zero attached hydrogens (tertiary/aromatic N) is 2. The van der Waals surface area contributed by atoms with Gasteiger partial charge in [0.2, 0.25) is 0 Å². The lowest BCUT2D eigenvalue weighted by atomic mass is 9.87. The Balaban J connectivity index is 1.27. The molecule has 2 N–H and O–H groups in total. The van der Waals surface area contributed by atoms with E-state index in [0.29, 0.717) is 23.7 Å². The van der Waals surface area contributed by atoms with Crippen LogP contribution in [0.15, 0.2) is 6.07 Å². The van der Waals surface area contributed by atoms with Gasteiger partial charge in [0.15, 0.2) is 0 Å². The molecule has 1 unspecified atom stereocenters. The molecule has 2 saturated heterocycles. The SMILES string of the molecule is O=C(NCC1CCN1C1CCOCC1)c1cc(C2CCCCC2)[nH]n1. The molecule has 2 aliphatic heterocycles. The molecule has 1 aliphatic carbocycles. The van der Waals surface area contributed by atoms with Crippen LogP contribution in [0, 0.1) is 0 Å². The fourth-order valence-corrected chi connectivity index (χ4v) is 4.55. The van der Waals surface area contributed by atoms with Gasteiger partial charge in [0, 0.05) is 50.0 Å². The second-order valence-electron chi connectivity index (χ2n) is 7.78. The van der Waals surface area contributed by atoms with Gasteiger partial charge in [0.25, 0.3) is 5.91 Å². The van der Waals surface area contributed by atoms with Crippen molar-refractivity contribution in [3.05, 3.63) is 17.5 Å². The molecule has 3 aliphatic rings. The molecule has 6 heteroatoms. The summed E-state index contributed by atoms with van der Waals surface area (Å²) in [5, 5.41) is 10.4. The van der Waals surface area contributed by atoms with E-state index in [1.165, 1.54) is 38.5 Å². The van der Waals surface area contributed by atoms with Gasteiger partial charge >= 0.3 is 0 Å². The maximum absolute atomic E-state index is 12.4. The lowest BCUT2D eigenvalue weighted by molar-refractivity contribution is -0.0222. The van der Waals surface area contributed by atoms with E-state index in [0.717, 1.165) is 44.8 Å². The summed E-state index contributed by atoms with van der Waals surface area (Å²) in [5.41, 5.74) is 1.68. The lowest BCUT2D eigenvalue weighted by Crippen LogP contribution is -2.58. The third-order valence-corrected chi connectivity index (χ3v) is 6.22. The largest absolute Gasteiger partial charge is 0.381 e. The predicted molar refractivity (Wildman–Crippen MR) is 95.7 cm³/mol. The highest BCUT2D eigenvalue weighted by Crippen LogP contribution is 2.31. The molecule has 6 nitrogen and oxygen atoms in total. The molecule has 0 bridgehead atoms. The van der Waals surface area contributed by atoms with Crippen LogP contribution in [0.25, 0.3) is 0 Å². The highest BCUT2D eigenvalue weighted by atomic mass is 16.5. The lowest BCUT2D eigenvalue weighted by Gasteiger charge is -2.47. The van der Waals surface area contributed by atoms with E-state index >= 15 is 0 Å². The van der Waals surface area contributed by atoms with Gasteiger partial charge in [-0.25, -0.2) is 0 Å². The highest BCUT2D eigenvalue weighted by Gasteiger charge is 2.34. The molecule has 0 radical (unpaired) electrons. The van der Waals surface area contributed by atoms with E-state index in [1.54, 1.807) is 0 Å². The molecular formula is C19H30N4O2. The molecule has 1 amide bonds. The zero-order chi connectivity index (χ0) is 17.1. The van der Waals surface area contributed by atoms with Crippen molar-refractivity contribution >= 4 is 5.91 Å². The van der Waals surface area contributed by atoms with Crippen molar-refractivity contribution in [1.29, 1.82) is 0 Å². The first-order valence-corrected chi connectivity index (χ1v) is 9.98. The summed E-state index contributed by atoms with van der Waals surface area (Å²) in [6.07, 6.45) is 9.75. The smallest absolute Gasteiger partial charge is 0.271 e. The van der Waals surface area contributed by atoms with Crippen LogP contribution in [0.2, 0.25) is 0 Å². The number of carbonyl (C=O) groups is 1. The van der Waals surface area contributed by atoms with Crippen LogP contribution >= 0.6 is 0 Å². The van der Waals surface area contributed by atoms with Gasteiger partial charge < -0.3 is 10.1 Å². The first kappa shape index (κ1) is 17.0. The minimum Gasteiger partial charge on any atom is -0.381 e. The van der Waals surface area contributed by atoms with E-state index in [2.05, 4.69) is 20.4 Å². The van der Waals surface area contributed by atoms with E-state index in [-0.39, 0.29) is 5.91 Å². The van der Waals surface area contributed by atoms with Crippen LogP contribution < -0.4 is 5.32 Å². The molecule has 1 atom stereocenters. The van der Waals surface area contributed by atoms with Gasteiger partial charge in [0.1, 0.15) is 5.69 Å². The summed E-state index contributed by atoms with van der Waals surface area (Å²) in [5.74, 6) is 0.510. The molecule has 4 rings (SSSR count). The highest BCUT2D eigenvalue weighted by molar-refractivity contribution is 5.92. The number of hydrogen-bond acceptors (Lipinski definition) is 4. The fourth-order valence-electron chi connectivity index (χ4n) is 4.55. The van der Waals surface area contributed by atoms with Crippen molar-refractivity contribution in [2.24, 2.45) is 0 Å². The van der Waals surface area contributed by atoms with Gasteiger partial charge in [-0.05, 0) is 38.2 Å². The first-order chi connectivity index (χ1) is 12.3. The van der Waals surface area contributed by atoms with Crippen molar-refractivity contribution in [1.82, 2.24) is 20.4 Å². The van der Waals surface area contributed by atoms with E-state index < -0.39 is 0 Å². The summed E-state index contributed by atoms with van der Waals surface area (Å²) in [7, 11) is 0. The number of aromatic amines is 1. The minimum atomic E-state index is -0.0443. The van der Waals surface area contributed by atoms with E-state index in [9.17, 15) is 4.79 Å². The molecule has 1 aromatic rings. The number of hydrogen-bond donors (Lipinski definition) is 2. The van der Waals surface area contributed by atoms with Crippen LogP contribution in [-0.2, 0) is 4.74 Å². The number of rotatable bonds is 5. The average molecular weight is 346 g/mol. The monoisotopic (exact) mass is 346 g/mol. The fraction of sp³-hybridized carbons (Fsp3) is 0.789. The maximum atomic E-state index is 12.4. The topological polar surface area (TPSA) is 70.2 Å². The first-order valence-electron chi connectivity index (χ1n) is 9.98. The third-order valence-electron chi connectivity index (χ3n) is 6.22. The van der Waals surface area contributed by atoms with Crippen LogP contribution in [-0.4, -0.2) is 59.4 Å². The van der Waals surface area contributed by atoms with Gasteiger partial charge in [0.05, 0.1) is 0 Å². The Hall–Kier alpha value is -1.40. The Morgan fingerprint density at radius 3 is 2.72 bits per heavy atom. The Morgan fingerprint density at radius 1 is 1.20 bits per heavy atom. The van der Waals surface area contributed by atoms with Crippen LogP contribution in [0.5, 0.6) is 0 Å². The summed E-state index contributed by atoms with van der Waals surface area (Å²) in [6, 6.07) is 3.07. The molecule has 1 saturated carbocycles. The molecule has 25 heavy (non-hydrogen) atoms. The minimum absolute atomic E-state index is 0.0443. The van der Waals surface area contributed by atoms with Gasteiger partial charge in [-0.1, -0.05) is 19.3 Å². The Bertz CT molecular complexity index is 576. The number of amides is 1. The van der Waals surface area contributed by atoms with Gasteiger partial charge in [-0.15, -0.1) is 0 Å². The predicted octanol–water partition coefficient (Wildman–Crippen LogP) is 2.44. The zero-order valence-corrected chi connectivity index (χ0v) is 15.0. The number of ether oxygens (including phenoxy) is 1. The summed E-state index contributed by atoms with van der Waals surface area (Å²) in [4.78, 5) is 15.0. The Kier molecular flexibility index (Phi) is 5.36. The van der Waals surface area contributed by atoms with Crippen LogP contribution in [0.3, 0.4) is 0 Å².